The van der Waals surface area contributed by atoms with Crippen LogP contribution in [0.4, 0.5) is 0 Å². The quantitative estimate of drug-likeness (QED) is 0.434. The van der Waals surface area contributed by atoms with E-state index in [0.717, 1.165) is 27.8 Å². The van der Waals surface area contributed by atoms with Gasteiger partial charge in [-0.25, -0.2) is 0 Å². The normalized spacial score (nSPS) is 14.9. The Morgan fingerprint density at radius 3 is 2.26 bits per heavy atom. The molecule has 0 fully saturated rings. The van der Waals surface area contributed by atoms with Crippen molar-refractivity contribution in [2.75, 3.05) is 14.2 Å². The lowest BCUT2D eigenvalue weighted by Gasteiger charge is -2.27. The van der Waals surface area contributed by atoms with E-state index in [1.807, 2.05) is 66.4 Å². The molecule has 1 aliphatic heterocycles. The predicted molar refractivity (Wildman–Crippen MR) is 128 cm³/mol. The van der Waals surface area contributed by atoms with E-state index in [1.165, 1.54) is 14.2 Å². The van der Waals surface area contributed by atoms with Gasteiger partial charge in [0.1, 0.15) is 5.69 Å². The van der Waals surface area contributed by atoms with Gasteiger partial charge < -0.3 is 19.5 Å². The van der Waals surface area contributed by atoms with Crippen molar-refractivity contribution in [1.29, 1.82) is 0 Å². The Morgan fingerprint density at radius 2 is 1.65 bits per heavy atom. The third kappa shape index (κ3) is 3.55. The molecule has 0 bridgehead atoms. The fourth-order valence-electron chi connectivity index (χ4n) is 4.48. The summed E-state index contributed by atoms with van der Waals surface area (Å²) in [6, 6.07) is 20.9. The Kier molecular flexibility index (Phi) is 5.45. The summed E-state index contributed by atoms with van der Waals surface area (Å²) in [5, 5.41) is 18.0. The number of carbonyl (C=O) groups excluding carboxylic acids is 1. The number of fused-ring (bicyclic) bond motifs is 1. The highest BCUT2D eigenvalue weighted by Gasteiger charge is 2.42. The average Bonchev–Trinajstić information content (AvgIpc) is 3.40. The zero-order valence-corrected chi connectivity index (χ0v) is 19.2. The number of H-pyrrole nitrogens is 1. The van der Waals surface area contributed by atoms with Crippen LogP contribution in [-0.2, 0) is 6.54 Å². The topological polar surface area (TPSA) is 87.7 Å². The van der Waals surface area contributed by atoms with Gasteiger partial charge in [0, 0.05) is 17.7 Å². The average molecular weight is 456 g/mol. The SMILES string of the molecule is COc1cc(C2c3c(-c4ccccc4)n[nH]c3C(=O)N2Cc2ccc(C)cc2)cc(OC)c1O. The van der Waals surface area contributed by atoms with E-state index in [-0.39, 0.29) is 23.2 Å². The number of nitrogens with zero attached hydrogens (tertiary/aromatic N) is 2. The van der Waals surface area contributed by atoms with Gasteiger partial charge in [-0.05, 0) is 30.2 Å². The van der Waals surface area contributed by atoms with Gasteiger partial charge in [-0.1, -0.05) is 60.2 Å². The molecule has 2 N–H and O–H groups in total. The Labute approximate surface area is 197 Å². The molecule has 0 radical (unpaired) electrons. The lowest BCUT2D eigenvalue weighted by molar-refractivity contribution is 0.0729. The molecule has 34 heavy (non-hydrogen) atoms. The van der Waals surface area contributed by atoms with Crippen molar-refractivity contribution < 1.29 is 19.4 Å². The molecule has 7 nitrogen and oxygen atoms in total. The molecule has 7 heteroatoms. The van der Waals surface area contributed by atoms with Crippen LogP contribution >= 0.6 is 0 Å². The van der Waals surface area contributed by atoms with Crippen molar-refractivity contribution in [3.8, 4) is 28.5 Å². The summed E-state index contributed by atoms with van der Waals surface area (Å²) < 4.78 is 10.8. The number of nitrogens with one attached hydrogen (secondary N) is 1. The van der Waals surface area contributed by atoms with Crippen molar-refractivity contribution >= 4 is 5.91 Å². The molecule has 0 spiro atoms. The van der Waals surface area contributed by atoms with Gasteiger partial charge in [0.25, 0.3) is 5.91 Å². The lowest BCUT2D eigenvalue weighted by Crippen LogP contribution is -2.29. The monoisotopic (exact) mass is 455 g/mol. The Balaban J connectivity index is 1.69. The lowest BCUT2D eigenvalue weighted by atomic mass is 9.95. The molecular formula is C27H25N3O4. The van der Waals surface area contributed by atoms with E-state index in [2.05, 4.69) is 10.2 Å². The second-order valence-corrected chi connectivity index (χ2v) is 8.32. The number of methoxy groups -OCH3 is 2. The number of phenolic OH excluding ortho intramolecular Hbond substituents is 1. The second-order valence-electron chi connectivity index (χ2n) is 8.32. The number of aromatic amines is 1. The number of phenols is 1. The Hall–Kier alpha value is -4.26. The van der Waals surface area contributed by atoms with Gasteiger partial charge in [-0.3, -0.25) is 9.89 Å². The van der Waals surface area contributed by atoms with Crippen LogP contribution in [-0.4, -0.2) is 40.3 Å². The number of ether oxygens (including phenoxy) is 2. The highest BCUT2D eigenvalue weighted by molar-refractivity contribution is 6.00. The van der Waals surface area contributed by atoms with Gasteiger partial charge in [0.05, 0.1) is 26.0 Å². The van der Waals surface area contributed by atoms with E-state index in [0.29, 0.717) is 17.9 Å². The van der Waals surface area contributed by atoms with Crippen LogP contribution in [0.15, 0.2) is 66.7 Å². The van der Waals surface area contributed by atoms with Gasteiger partial charge in [0.15, 0.2) is 11.5 Å². The van der Waals surface area contributed by atoms with Crippen LogP contribution in [0.25, 0.3) is 11.3 Å². The molecule has 1 aromatic heterocycles. The van der Waals surface area contributed by atoms with Crippen molar-refractivity contribution in [3.63, 3.8) is 0 Å². The summed E-state index contributed by atoms with van der Waals surface area (Å²) in [4.78, 5) is 15.4. The maximum absolute atomic E-state index is 13.6. The highest BCUT2D eigenvalue weighted by Crippen LogP contribution is 2.47. The summed E-state index contributed by atoms with van der Waals surface area (Å²) in [5.41, 5.74) is 5.80. The van der Waals surface area contributed by atoms with Crippen LogP contribution in [0.1, 0.15) is 38.8 Å². The fraction of sp³-hybridized carbons (Fsp3) is 0.185. The summed E-state index contributed by atoms with van der Waals surface area (Å²) in [6.07, 6.45) is 0. The van der Waals surface area contributed by atoms with E-state index < -0.39 is 6.04 Å². The number of carbonyl (C=O) groups is 1. The van der Waals surface area contributed by atoms with Crippen molar-refractivity contribution in [2.24, 2.45) is 0 Å². The summed E-state index contributed by atoms with van der Waals surface area (Å²) >= 11 is 0. The van der Waals surface area contributed by atoms with E-state index >= 15 is 0 Å². The molecular weight excluding hydrogens is 430 g/mol. The van der Waals surface area contributed by atoms with E-state index in [9.17, 15) is 9.90 Å². The molecule has 5 rings (SSSR count). The minimum atomic E-state index is -0.457. The van der Waals surface area contributed by atoms with Gasteiger partial charge in [0.2, 0.25) is 5.75 Å². The first-order chi connectivity index (χ1) is 16.5. The van der Waals surface area contributed by atoms with E-state index in [4.69, 9.17) is 9.47 Å². The summed E-state index contributed by atoms with van der Waals surface area (Å²) in [7, 11) is 2.97. The molecule has 172 valence electrons. The highest BCUT2D eigenvalue weighted by atomic mass is 16.5. The Bertz CT molecular complexity index is 1320. The number of hydrogen-bond donors (Lipinski definition) is 2. The number of amides is 1. The van der Waals surface area contributed by atoms with Crippen LogP contribution in [0.3, 0.4) is 0 Å². The largest absolute Gasteiger partial charge is 0.502 e. The molecule has 1 atom stereocenters. The minimum Gasteiger partial charge on any atom is -0.502 e. The first-order valence-corrected chi connectivity index (χ1v) is 11.0. The van der Waals surface area contributed by atoms with Crippen molar-refractivity contribution in [3.05, 3.63) is 94.7 Å². The van der Waals surface area contributed by atoms with Crippen LogP contribution in [0.2, 0.25) is 0 Å². The van der Waals surface area contributed by atoms with Gasteiger partial charge in [-0.15, -0.1) is 0 Å². The molecule has 1 unspecified atom stereocenters. The zero-order valence-electron chi connectivity index (χ0n) is 19.2. The predicted octanol–water partition coefficient (Wildman–Crippen LogP) is 4.85. The molecule has 4 aromatic rings. The number of aromatic hydroxyl groups is 1. The van der Waals surface area contributed by atoms with Crippen molar-refractivity contribution in [1.82, 2.24) is 15.1 Å². The number of aryl methyl sites for hydroxylation is 1. The smallest absolute Gasteiger partial charge is 0.273 e. The molecule has 0 saturated carbocycles. The maximum atomic E-state index is 13.6. The standard InChI is InChI=1S/C27H25N3O4/c1-16-9-11-17(12-10-16)15-30-25(19-13-20(33-2)26(31)21(14-19)34-3)22-23(18-7-5-4-6-8-18)28-29-24(22)27(30)32/h4-14,25,31H,15H2,1-3H3,(H,28,29). The minimum absolute atomic E-state index is 0.0844. The fourth-order valence-corrected chi connectivity index (χ4v) is 4.48. The zero-order chi connectivity index (χ0) is 23.8. The summed E-state index contributed by atoms with van der Waals surface area (Å²) in [5.74, 6) is 0.325. The first-order valence-electron chi connectivity index (χ1n) is 11.0. The molecule has 0 aliphatic carbocycles. The number of aromatic nitrogens is 2. The molecule has 0 saturated heterocycles. The third-order valence-electron chi connectivity index (χ3n) is 6.20. The van der Waals surface area contributed by atoms with Crippen LogP contribution in [0.5, 0.6) is 17.2 Å². The second kappa shape index (κ2) is 8.59. The molecule has 1 amide bonds. The first kappa shape index (κ1) is 21.6. The number of rotatable bonds is 6. The van der Waals surface area contributed by atoms with Crippen LogP contribution < -0.4 is 9.47 Å². The number of hydrogen-bond acceptors (Lipinski definition) is 5. The van der Waals surface area contributed by atoms with Crippen LogP contribution in [0, 0.1) is 6.92 Å². The van der Waals surface area contributed by atoms with Gasteiger partial charge in [-0.2, -0.15) is 5.10 Å². The van der Waals surface area contributed by atoms with Crippen molar-refractivity contribution in [2.45, 2.75) is 19.5 Å². The Morgan fingerprint density at radius 1 is 1.00 bits per heavy atom. The maximum Gasteiger partial charge on any atom is 0.273 e. The van der Waals surface area contributed by atoms with E-state index in [1.54, 1.807) is 12.1 Å². The number of benzene rings is 3. The van der Waals surface area contributed by atoms with Gasteiger partial charge >= 0.3 is 0 Å². The molecule has 1 aliphatic rings. The third-order valence-corrected chi connectivity index (χ3v) is 6.20. The molecule has 3 aromatic carbocycles. The summed E-state index contributed by atoms with van der Waals surface area (Å²) in [6.45, 7) is 2.44. The molecule has 2 heterocycles.